The summed E-state index contributed by atoms with van der Waals surface area (Å²) in [4.78, 5) is 4.25. The second-order valence-electron chi connectivity index (χ2n) is 5.27. The lowest BCUT2D eigenvalue weighted by Gasteiger charge is -2.11. The average molecular weight is 443 g/mol. The van der Waals surface area contributed by atoms with Crippen LogP contribution in [0.2, 0.25) is 0 Å². The number of nitrogens with one attached hydrogen (secondary N) is 2. The molecule has 1 aliphatic rings. The van der Waals surface area contributed by atoms with Crippen LogP contribution in [0, 0.1) is 0 Å². The minimum atomic E-state index is 0. The minimum absolute atomic E-state index is 0. The first kappa shape index (κ1) is 18.1. The van der Waals surface area contributed by atoms with E-state index in [1.165, 1.54) is 16.7 Å². The summed E-state index contributed by atoms with van der Waals surface area (Å²) in [6, 6.07) is 8.61. The first-order valence-corrected chi connectivity index (χ1v) is 8.49. The fraction of sp³-hybridized carbons (Fsp3) is 0.353. The van der Waals surface area contributed by atoms with Gasteiger partial charge < -0.3 is 15.4 Å². The van der Waals surface area contributed by atoms with Crippen LogP contribution in [0.3, 0.4) is 0 Å². The summed E-state index contributed by atoms with van der Waals surface area (Å²) in [5, 5.41) is 10.9. The predicted molar refractivity (Wildman–Crippen MR) is 107 cm³/mol. The third kappa shape index (κ3) is 5.10. The molecule has 1 aliphatic heterocycles. The van der Waals surface area contributed by atoms with Gasteiger partial charge in [0.1, 0.15) is 5.75 Å². The van der Waals surface area contributed by atoms with E-state index in [4.69, 9.17) is 4.74 Å². The number of hydrogen-bond donors (Lipinski definition) is 2. The first-order valence-electron chi connectivity index (χ1n) is 7.55. The molecule has 23 heavy (non-hydrogen) atoms. The zero-order chi connectivity index (χ0) is 15.2. The molecule has 6 heteroatoms. The van der Waals surface area contributed by atoms with Gasteiger partial charge in [-0.15, -0.1) is 24.0 Å². The average Bonchev–Trinajstić information content (AvgIpc) is 3.21. The molecule has 0 amide bonds. The lowest BCUT2D eigenvalue weighted by molar-refractivity contribution is 0.357. The number of aliphatic imine (C=N–C) groups is 1. The van der Waals surface area contributed by atoms with Crippen LogP contribution < -0.4 is 15.4 Å². The van der Waals surface area contributed by atoms with E-state index in [0.29, 0.717) is 0 Å². The van der Waals surface area contributed by atoms with Crippen LogP contribution in [0.1, 0.15) is 16.7 Å². The third-order valence-corrected chi connectivity index (χ3v) is 4.46. The van der Waals surface area contributed by atoms with E-state index in [1.54, 1.807) is 18.4 Å². The Bertz CT molecular complexity index is 643. The molecule has 0 unspecified atom stereocenters. The van der Waals surface area contributed by atoms with E-state index in [0.717, 1.165) is 44.2 Å². The van der Waals surface area contributed by atoms with Crippen LogP contribution in [0.15, 0.2) is 40.0 Å². The Morgan fingerprint density at radius 3 is 2.96 bits per heavy atom. The highest BCUT2D eigenvalue weighted by molar-refractivity contribution is 14.0. The molecule has 0 saturated carbocycles. The zero-order valence-electron chi connectivity index (χ0n) is 13.2. The summed E-state index contributed by atoms with van der Waals surface area (Å²) in [7, 11) is 1.80. The van der Waals surface area contributed by atoms with Crippen LogP contribution in [-0.2, 0) is 19.4 Å². The quantitative estimate of drug-likeness (QED) is 0.424. The Kier molecular flexibility index (Phi) is 7.16. The standard InChI is InChI=1S/C17H21N3OS.HI/c1-18-17(20-11-14-6-9-22-12-14)19-7-4-13-2-3-16-15(10-13)5-8-21-16;/h2-3,6,9-10,12H,4-5,7-8,11H2,1H3,(H2,18,19,20);1H. The van der Waals surface area contributed by atoms with Crippen molar-refractivity contribution in [2.75, 3.05) is 20.2 Å². The van der Waals surface area contributed by atoms with Crippen LogP contribution in [-0.4, -0.2) is 26.2 Å². The molecule has 3 rings (SSSR count). The topological polar surface area (TPSA) is 45.7 Å². The summed E-state index contributed by atoms with van der Waals surface area (Å²) in [6.45, 7) is 2.48. The van der Waals surface area contributed by atoms with Crippen molar-refractivity contribution in [2.24, 2.45) is 4.99 Å². The van der Waals surface area contributed by atoms with Gasteiger partial charge in [0.25, 0.3) is 0 Å². The van der Waals surface area contributed by atoms with E-state index >= 15 is 0 Å². The lowest BCUT2D eigenvalue weighted by atomic mass is 10.1. The van der Waals surface area contributed by atoms with Gasteiger partial charge in [-0.25, -0.2) is 0 Å². The van der Waals surface area contributed by atoms with Gasteiger partial charge in [0.05, 0.1) is 6.61 Å². The molecule has 1 aromatic carbocycles. The van der Waals surface area contributed by atoms with E-state index in [9.17, 15) is 0 Å². The fourth-order valence-corrected chi connectivity index (χ4v) is 3.19. The number of fused-ring (bicyclic) bond motifs is 1. The summed E-state index contributed by atoms with van der Waals surface area (Å²) in [6.07, 6.45) is 2.01. The van der Waals surface area contributed by atoms with Crippen molar-refractivity contribution in [1.82, 2.24) is 10.6 Å². The zero-order valence-corrected chi connectivity index (χ0v) is 16.3. The molecular weight excluding hydrogens is 421 g/mol. The summed E-state index contributed by atoms with van der Waals surface area (Å²) in [5.74, 6) is 1.89. The van der Waals surface area contributed by atoms with Crippen molar-refractivity contribution >= 4 is 41.3 Å². The molecule has 1 aromatic heterocycles. The second-order valence-corrected chi connectivity index (χ2v) is 6.05. The van der Waals surface area contributed by atoms with Gasteiger partial charge in [-0.2, -0.15) is 11.3 Å². The molecule has 0 fully saturated rings. The van der Waals surface area contributed by atoms with Gasteiger partial charge in [-0.3, -0.25) is 4.99 Å². The smallest absolute Gasteiger partial charge is 0.191 e. The van der Waals surface area contributed by atoms with Crippen molar-refractivity contribution in [3.05, 3.63) is 51.7 Å². The third-order valence-electron chi connectivity index (χ3n) is 3.72. The van der Waals surface area contributed by atoms with E-state index in [1.807, 2.05) is 0 Å². The molecular formula is C17H22IN3OS. The molecule has 2 aromatic rings. The number of rotatable bonds is 5. The Hall–Kier alpha value is -1.28. The van der Waals surface area contributed by atoms with Crippen LogP contribution in [0.4, 0.5) is 0 Å². The van der Waals surface area contributed by atoms with E-state index in [-0.39, 0.29) is 24.0 Å². The molecule has 0 spiro atoms. The summed E-state index contributed by atoms with van der Waals surface area (Å²) < 4.78 is 5.54. The van der Waals surface area contributed by atoms with Gasteiger partial charge in [0.2, 0.25) is 0 Å². The van der Waals surface area contributed by atoms with Crippen molar-refractivity contribution in [1.29, 1.82) is 0 Å². The first-order chi connectivity index (χ1) is 10.8. The number of benzene rings is 1. The molecule has 4 nitrogen and oxygen atoms in total. The van der Waals surface area contributed by atoms with Crippen LogP contribution in [0.25, 0.3) is 0 Å². The van der Waals surface area contributed by atoms with Gasteiger partial charge in [0.15, 0.2) is 5.96 Å². The Labute approximate surface area is 158 Å². The molecule has 2 N–H and O–H groups in total. The summed E-state index contributed by atoms with van der Waals surface area (Å²) in [5.41, 5.74) is 3.95. The molecule has 0 bridgehead atoms. The molecule has 0 atom stereocenters. The van der Waals surface area contributed by atoms with Gasteiger partial charge in [-0.05, 0) is 46.0 Å². The number of hydrogen-bond acceptors (Lipinski definition) is 3. The number of ether oxygens (including phenoxy) is 1. The molecule has 0 radical (unpaired) electrons. The second kappa shape index (κ2) is 9.12. The van der Waals surface area contributed by atoms with Gasteiger partial charge in [-0.1, -0.05) is 12.1 Å². The number of nitrogens with zero attached hydrogens (tertiary/aromatic N) is 1. The van der Waals surface area contributed by atoms with Crippen molar-refractivity contribution in [2.45, 2.75) is 19.4 Å². The Morgan fingerprint density at radius 1 is 1.26 bits per heavy atom. The monoisotopic (exact) mass is 443 g/mol. The molecule has 124 valence electrons. The van der Waals surface area contributed by atoms with Crippen LogP contribution in [0.5, 0.6) is 5.75 Å². The maximum absolute atomic E-state index is 5.54. The lowest BCUT2D eigenvalue weighted by Crippen LogP contribution is -2.37. The molecule has 0 aliphatic carbocycles. The molecule has 2 heterocycles. The predicted octanol–water partition coefficient (Wildman–Crippen LogP) is 3.21. The maximum Gasteiger partial charge on any atom is 0.191 e. The maximum atomic E-state index is 5.54. The van der Waals surface area contributed by atoms with E-state index < -0.39 is 0 Å². The van der Waals surface area contributed by atoms with Gasteiger partial charge in [0, 0.05) is 26.6 Å². The van der Waals surface area contributed by atoms with Gasteiger partial charge >= 0.3 is 0 Å². The van der Waals surface area contributed by atoms with E-state index in [2.05, 4.69) is 50.7 Å². The number of halogens is 1. The van der Waals surface area contributed by atoms with Crippen molar-refractivity contribution < 1.29 is 4.74 Å². The Morgan fingerprint density at radius 2 is 2.17 bits per heavy atom. The number of thiophene rings is 1. The minimum Gasteiger partial charge on any atom is -0.493 e. The van der Waals surface area contributed by atoms with Crippen molar-refractivity contribution in [3.63, 3.8) is 0 Å². The Balaban J connectivity index is 0.00000192. The fourth-order valence-electron chi connectivity index (χ4n) is 2.52. The highest BCUT2D eigenvalue weighted by Crippen LogP contribution is 2.25. The van der Waals surface area contributed by atoms with Crippen molar-refractivity contribution in [3.8, 4) is 5.75 Å². The highest BCUT2D eigenvalue weighted by Gasteiger charge is 2.11. The number of guanidine groups is 1. The molecule has 0 saturated heterocycles. The highest BCUT2D eigenvalue weighted by atomic mass is 127. The van der Waals surface area contributed by atoms with Crippen LogP contribution >= 0.6 is 35.3 Å². The summed E-state index contributed by atoms with van der Waals surface area (Å²) >= 11 is 1.71. The normalized spacial score (nSPS) is 13.0. The largest absolute Gasteiger partial charge is 0.493 e. The SMILES string of the molecule is CN=C(NCCc1ccc2c(c1)CCO2)NCc1ccsc1.I.